The first-order valence-corrected chi connectivity index (χ1v) is 7.62. The number of pyridine rings is 1. The zero-order chi connectivity index (χ0) is 17.1. The van der Waals surface area contributed by atoms with Gasteiger partial charge < -0.3 is 9.47 Å². The molecule has 0 atom stereocenters. The molecule has 0 N–H and O–H groups in total. The fourth-order valence-electron chi connectivity index (χ4n) is 2.90. The molecule has 1 aliphatic heterocycles. The van der Waals surface area contributed by atoms with Crippen LogP contribution in [0.4, 0.5) is 5.82 Å². The summed E-state index contributed by atoms with van der Waals surface area (Å²) in [6.07, 6.45) is 2.06. The minimum atomic E-state index is -0.246. The Morgan fingerprint density at radius 1 is 1.00 bits per heavy atom. The summed E-state index contributed by atoms with van der Waals surface area (Å²) < 4.78 is 10.5. The van der Waals surface area contributed by atoms with Gasteiger partial charge in [-0.05, 0) is 29.8 Å². The summed E-state index contributed by atoms with van der Waals surface area (Å²) in [5.74, 6) is 0.907. The van der Waals surface area contributed by atoms with Crippen molar-refractivity contribution >= 4 is 17.6 Å². The minimum Gasteiger partial charge on any atom is -0.493 e. The highest BCUT2D eigenvalue weighted by Gasteiger charge is 2.35. The summed E-state index contributed by atoms with van der Waals surface area (Å²) in [5, 5.41) is 0. The van der Waals surface area contributed by atoms with Crippen LogP contribution in [0.15, 0.2) is 42.6 Å². The third-order valence-electron chi connectivity index (χ3n) is 4.10. The van der Waals surface area contributed by atoms with Gasteiger partial charge in [-0.1, -0.05) is 12.1 Å². The Morgan fingerprint density at radius 2 is 1.71 bits per heavy atom. The summed E-state index contributed by atoms with van der Waals surface area (Å²) in [7, 11) is 3.12. The SMILES string of the molecule is COc1ccc(C2CC(=O)N(c3ccccn3)C(=O)C2)cc1OC. The van der Waals surface area contributed by atoms with Gasteiger partial charge in [-0.15, -0.1) is 0 Å². The molecule has 3 rings (SSSR count). The molecule has 2 heterocycles. The van der Waals surface area contributed by atoms with Crippen molar-refractivity contribution in [3.05, 3.63) is 48.2 Å². The monoisotopic (exact) mass is 326 g/mol. The molecule has 1 saturated heterocycles. The van der Waals surface area contributed by atoms with Gasteiger partial charge in [-0.25, -0.2) is 9.88 Å². The number of imide groups is 1. The van der Waals surface area contributed by atoms with E-state index in [-0.39, 0.29) is 30.6 Å². The van der Waals surface area contributed by atoms with Crippen molar-refractivity contribution in [1.29, 1.82) is 0 Å². The van der Waals surface area contributed by atoms with Gasteiger partial charge in [-0.2, -0.15) is 0 Å². The maximum absolute atomic E-state index is 12.5. The van der Waals surface area contributed by atoms with Crippen LogP contribution in [-0.4, -0.2) is 31.0 Å². The average molecular weight is 326 g/mol. The molecule has 0 saturated carbocycles. The van der Waals surface area contributed by atoms with Gasteiger partial charge in [0.15, 0.2) is 11.5 Å². The van der Waals surface area contributed by atoms with E-state index in [1.165, 1.54) is 0 Å². The number of amides is 2. The molecule has 24 heavy (non-hydrogen) atoms. The van der Waals surface area contributed by atoms with Gasteiger partial charge in [0.05, 0.1) is 14.2 Å². The number of aromatic nitrogens is 1. The van der Waals surface area contributed by atoms with Crippen LogP contribution in [0.5, 0.6) is 11.5 Å². The van der Waals surface area contributed by atoms with Crippen LogP contribution in [0.3, 0.4) is 0 Å². The lowest BCUT2D eigenvalue weighted by Gasteiger charge is -2.29. The summed E-state index contributed by atoms with van der Waals surface area (Å²) in [6.45, 7) is 0. The standard InChI is InChI=1S/C18H18N2O4/c1-23-14-7-6-12(9-15(14)24-2)13-10-17(21)20(18(22)11-13)16-5-3-4-8-19-16/h3-9,13H,10-11H2,1-2H3. The molecule has 0 unspecified atom stereocenters. The van der Waals surface area contributed by atoms with Gasteiger partial charge in [0, 0.05) is 25.0 Å². The Kier molecular flexibility index (Phi) is 4.46. The topological polar surface area (TPSA) is 68.7 Å². The number of carbonyl (C=O) groups is 2. The average Bonchev–Trinajstić information content (AvgIpc) is 2.61. The van der Waals surface area contributed by atoms with Crippen molar-refractivity contribution in [3.8, 4) is 11.5 Å². The van der Waals surface area contributed by atoms with E-state index in [9.17, 15) is 9.59 Å². The van der Waals surface area contributed by atoms with E-state index in [0.717, 1.165) is 10.5 Å². The number of anilines is 1. The van der Waals surface area contributed by atoms with Crippen LogP contribution in [0.2, 0.25) is 0 Å². The third kappa shape index (κ3) is 2.95. The number of piperidine rings is 1. The molecule has 6 nitrogen and oxygen atoms in total. The van der Waals surface area contributed by atoms with Gasteiger partial charge in [-0.3, -0.25) is 9.59 Å². The molecule has 1 aromatic carbocycles. The maximum Gasteiger partial charge on any atom is 0.235 e. The summed E-state index contributed by atoms with van der Waals surface area (Å²) in [4.78, 5) is 30.2. The minimum absolute atomic E-state index is 0.176. The van der Waals surface area contributed by atoms with Crippen LogP contribution >= 0.6 is 0 Å². The van der Waals surface area contributed by atoms with Crippen molar-refractivity contribution in [2.75, 3.05) is 19.1 Å². The molecule has 1 aliphatic rings. The summed E-state index contributed by atoms with van der Waals surface area (Å²) in [5.41, 5.74) is 0.884. The molecular formula is C18H18N2O4. The van der Waals surface area contributed by atoms with E-state index < -0.39 is 0 Å². The molecular weight excluding hydrogens is 308 g/mol. The predicted octanol–water partition coefficient (Wildman–Crippen LogP) is 2.54. The Morgan fingerprint density at radius 3 is 2.29 bits per heavy atom. The van der Waals surface area contributed by atoms with Crippen LogP contribution in [0, 0.1) is 0 Å². The van der Waals surface area contributed by atoms with Crippen LogP contribution in [-0.2, 0) is 9.59 Å². The summed E-state index contributed by atoms with van der Waals surface area (Å²) in [6, 6.07) is 10.6. The summed E-state index contributed by atoms with van der Waals surface area (Å²) >= 11 is 0. The van der Waals surface area contributed by atoms with Gasteiger partial charge in [0.2, 0.25) is 11.8 Å². The lowest BCUT2D eigenvalue weighted by atomic mass is 9.88. The van der Waals surface area contributed by atoms with Crippen molar-refractivity contribution in [1.82, 2.24) is 4.98 Å². The second kappa shape index (κ2) is 6.70. The number of ether oxygens (including phenoxy) is 2. The number of carbonyl (C=O) groups excluding carboxylic acids is 2. The highest BCUT2D eigenvalue weighted by Crippen LogP contribution is 2.36. The third-order valence-corrected chi connectivity index (χ3v) is 4.10. The molecule has 124 valence electrons. The fraction of sp³-hybridized carbons (Fsp3) is 0.278. The molecule has 1 fully saturated rings. The highest BCUT2D eigenvalue weighted by molar-refractivity contribution is 6.16. The van der Waals surface area contributed by atoms with E-state index in [4.69, 9.17) is 9.47 Å². The van der Waals surface area contributed by atoms with E-state index >= 15 is 0 Å². The molecule has 0 bridgehead atoms. The van der Waals surface area contributed by atoms with Crippen LogP contribution in [0.25, 0.3) is 0 Å². The Hall–Kier alpha value is -2.89. The van der Waals surface area contributed by atoms with Crippen LogP contribution < -0.4 is 14.4 Å². The highest BCUT2D eigenvalue weighted by atomic mass is 16.5. The lowest BCUT2D eigenvalue weighted by Crippen LogP contribution is -2.43. The van der Waals surface area contributed by atoms with E-state index in [0.29, 0.717) is 17.3 Å². The first-order valence-electron chi connectivity index (χ1n) is 7.62. The van der Waals surface area contributed by atoms with Crippen molar-refractivity contribution < 1.29 is 19.1 Å². The number of hydrogen-bond acceptors (Lipinski definition) is 5. The van der Waals surface area contributed by atoms with Crippen molar-refractivity contribution in [2.45, 2.75) is 18.8 Å². The van der Waals surface area contributed by atoms with E-state index in [1.807, 2.05) is 12.1 Å². The maximum atomic E-state index is 12.5. The largest absolute Gasteiger partial charge is 0.493 e. The van der Waals surface area contributed by atoms with Crippen molar-refractivity contribution in [2.24, 2.45) is 0 Å². The zero-order valence-electron chi connectivity index (χ0n) is 13.6. The Labute approximate surface area is 140 Å². The second-order valence-corrected chi connectivity index (χ2v) is 5.53. The van der Waals surface area contributed by atoms with E-state index in [1.54, 1.807) is 44.7 Å². The Balaban J connectivity index is 1.84. The first-order chi connectivity index (χ1) is 11.6. The molecule has 2 amide bonds. The smallest absolute Gasteiger partial charge is 0.235 e. The normalized spacial score (nSPS) is 15.5. The molecule has 6 heteroatoms. The van der Waals surface area contributed by atoms with Gasteiger partial charge in [0.25, 0.3) is 0 Å². The Bertz CT molecular complexity index is 743. The number of benzene rings is 1. The van der Waals surface area contributed by atoms with E-state index in [2.05, 4.69) is 4.98 Å². The zero-order valence-corrected chi connectivity index (χ0v) is 13.6. The number of nitrogens with zero attached hydrogens (tertiary/aromatic N) is 2. The van der Waals surface area contributed by atoms with Gasteiger partial charge in [0.1, 0.15) is 5.82 Å². The molecule has 0 aliphatic carbocycles. The number of hydrogen-bond donors (Lipinski definition) is 0. The lowest BCUT2D eigenvalue weighted by molar-refractivity contribution is -0.129. The second-order valence-electron chi connectivity index (χ2n) is 5.53. The quantitative estimate of drug-likeness (QED) is 0.808. The van der Waals surface area contributed by atoms with Crippen LogP contribution in [0.1, 0.15) is 24.3 Å². The van der Waals surface area contributed by atoms with Gasteiger partial charge >= 0.3 is 0 Å². The fourth-order valence-corrected chi connectivity index (χ4v) is 2.90. The molecule has 0 spiro atoms. The number of methoxy groups -OCH3 is 2. The molecule has 2 aromatic rings. The van der Waals surface area contributed by atoms with Crippen molar-refractivity contribution in [3.63, 3.8) is 0 Å². The molecule has 0 radical (unpaired) electrons. The molecule has 1 aromatic heterocycles. The predicted molar refractivity (Wildman–Crippen MR) is 88.3 cm³/mol. The number of rotatable bonds is 4. The first kappa shape index (κ1) is 16.0.